The lowest BCUT2D eigenvalue weighted by atomic mass is 9.97. The van der Waals surface area contributed by atoms with Crippen molar-refractivity contribution in [3.05, 3.63) is 33.0 Å². The first-order valence-corrected chi connectivity index (χ1v) is 10.2. The molecule has 0 saturated carbocycles. The molecule has 0 aliphatic carbocycles. The van der Waals surface area contributed by atoms with Crippen LogP contribution in [0.4, 0.5) is 0 Å². The van der Waals surface area contributed by atoms with Crippen LogP contribution in [0.15, 0.2) is 17.5 Å². The molecular formula is C17H24N4OS2. The van der Waals surface area contributed by atoms with Crippen LogP contribution in [0, 0.1) is 5.92 Å². The molecule has 1 atom stereocenters. The minimum Gasteiger partial charge on any atom is -0.349 e. The van der Waals surface area contributed by atoms with Gasteiger partial charge in [0.15, 0.2) is 0 Å². The Morgan fingerprint density at radius 2 is 2.25 bits per heavy atom. The lowest BCUT2D eigenvalue weighted by Crippen LogP contribution is -2.41. The summed E-state index contributed by atoms with van der Waals surface area (Å²) in [4.78, 5) is 17.0. The van der Waals surface area contributed by atoms with Crippen molar-refractivity contribution in [2.75, 3.05) is 19.6 Å². The second-order valence-electron chi connectivity index (χ2n) is 6.36. The van der Waals surface area contributed by atoms with Crippen molar-refractivity contribution >= 4 is 28.8 Å². The molecule has 1 N–H and O–H groups in total. The van der Waals surface area contributed by atoms with Gasteiger partial charge in [-0.1, -0.05) is 24.4 Å². The number of carbonyl (C=O) groups is 1. The Morgan fingerprint density at radius 3 is 2.92 bits per heavy atom. The van der Waals surface area contributed by atoms with Crippen LogP contribution in [-0.4, -0.2) is 40.0 Å². The van der Waals surface area contributed by atoms with E-state index in [4.69, 9.17) is 0 Å². The number of amides is 1. The van der Waals surface area contributed by atoms with E-state index in [2.05, 4.69) is 44.2 Å². The Bertz CT molecular complexity index is 647. The highest BCUT2D eigenvalue weighted by atomic mass is 32.1. The zero-order valence-electron chi connectivity index (χ0n) is 14.2. The number of thiophene rings is 1. The highest BCUT2D eigenvalue weighted by Gasteiger charge is 2.26. The molecule has 1 aliphatic rings. The lowest BCUT2D eigenvalue weighted by Gasteiger charge is -2.36. The second-order valence-corrected chi connectivity index (χ2v) is 8.10. The molecule has 0 radical (unpaired) electrons. The average Bonchev–Trinajstić information content (AvgIpc) is 3.27. The van der Waals surface area contributed by atoms with Gasteiger partial charge in [-0.2, -0.15) is 0 Å². The number of carbonyl (C=O) groups excluding carboxylic acids is 1. The summed E-state index contributed by atoms with van der Waals surface area (Å²) in [5, 5.41) is 9.25. The fraction of sp³-hybridized carbons (Fsp3) is 0.588. The normalized spacial score (nSPS) is 17.8. The molecule has 1 amide bonds. The molecule has 0 aromatic carbocycles. The number of hydrogen-bond acceptors (Lipinski definition) is 6. The predicted octanol–water partition coefficient (Wildman–Crippen LogP) is 3.37. The molecule has 24 heavy (non-hydrogen) atoms. The monoisotopic (exact) mass is 364 g/mol. The van der Waals surface area contributed by atoms with E-state index >= 15 is 0 Å². The number of aryl methyl sites for hydroxylation is 1. The van der Waals surface area contributed by atoms with Gasteiger partial charge in [-0.05, 0) is 61.2 Å². The SMILES string of the molecule is CCc1nnsc1C(=O)NCC(c1cccs1)N1CCC(C)CC1. The number of aromatic nitrogens is 2. The maximum absolute atomic E-state index is 12.5. The molecule has 5 nitrogen and oxygen atoms in total. The van der Waals surface area contributed by atoms with E-state index in [0.717, 1.165) is 31.1 Å². The standard InChI is InChI=1S/C17H24N4OS2/c1-3-13-16(24-20-19-13)17(22)18-11-14(15-5-4-10-23-15)21-8-6-12(2)7-9-21/h4-5,10,12,14H,3,6-9,11H2,1-2H3,(H,18,22). The zero-order chi connectivity index (χ0) is 16.9. The van der Waals surface area contributed by atoms with Crippen molar-refractivity contribution < 1.29 is 4.79 Å². The third-order valence-corrected chi connectivity index (χ3v) is 6.42. The van der Waals surface area contributed by atoms with Crippen molar-refractivity contribution in [2.24, 2.45) is 5.92 Å². The van der Waals surface area contributed by atoms with E-state index in [9.17, 15) is 4.79 Å². The molecule has 1 saturated heterocycles. The van der Waals surface area contributed by atoms with Crippen LogP contribution < -0.4 is 5.32 Å². The van der Waals surface area contributed by atoms with Gasteiger partial charge < -0.3 is 5.32 Å². The smallest absolute Gasteiger partial charge is 0.265 e. The van der Waals surface area contributed by atoms with Crippen LogP contribution >= 0.6 is 22.9 Å². The van der Waals surface area contributed by atoms with E-state index < -0.39 is 0 Å². The van der Waals surface area contributed by atoms with E-state index in [-0.39, 0.29) is 11.9 Å². The van der Waals surface area contributed by atoms with Crippen LogP contribution in [-0.2, 0) is 6.42 Å². The van der Waals surface area contributed by atoms with Crippen molar-refractivity contribution in [3.8, 4) is 0 Å². The van der Waals surface area contributed by atoms with Gasteiger partial charge in [0, 0.05) is 11.4 Å². The molecule has 3 rings (SSSR count). The van der Waals surface area contributed by atoms with Gasteiger partial charge in [0.2, 0.25) is 0 Å². The largest absolute Gasteiger partial charge is 0.349 e. The second kappa shape index (κ2) is 8.18. The van der Waals surface area contributed by atoms with Crippen LogP contribution in [0.1, 0.15) is 53.0 Å². The summed E-state index contributed by atoms with van der Waals surface area (Å²) in [6.45, 7) is 7.15. The van der Waals surface area contributed by atoms with Crippen LogP contribution in [0.25, 0.3) is 0 Å². The molecule has 1 aliphatic heterocycles. The number of hydrogen-bond donors (Lipinski definition) is 1. The fourth-order valence-electron chi connectivity index (χ4n) is 3.11. The van der Waals surface area contributed by atoms with Gasteiger partial charge >= 0.3 is 0 Å². The quantitative estimate of drug-likeness (QED) is 0.854. The van der Waals surface area contributed by atoms with Gasteiger partial charge in [-0.25, -0.2) is 0 Å². The molecule has 1 fully saturated rings. The minimum atomic E-state index is -0.0474. The Labute approximate surface area is 151 Å². The third kappa shape index (κ3) is 4.02. The van der Waals surface area contributed by atoms with Gasteiger partial charge in [0.1, 0.15) is 4.88 Å². The Kier molecular flexibility index (Phi) is 5.97. The molecule has 2 aromatic rings. The molecule has 0 spiro atoms. The van der Waals surface area contributed by atoms with Crippen LogP contribution in [0.5, 0.6) is 0 Å². The van der Waals surface area contributed by atoms with Crippen molar-refractivity contribution in [2.45, 2.75) is 39.2 Å². The van der Waals surface area contributed by atoms with Gasteiger partial charge in [0.05, 0.1) is 11.7 Å². The first-order chi connectivity index (χ1) is 11.7. The van der Waals surface area contributed by atoms with Crippen LogP contribution in [0.3, 0.4) is 0 Å². The Morgan fingerprint density at radius 1 is 1.46 bits per heavy atom. The number of nitrogens with zero attached hydrogens (tertiary/aromatic N) is 3. The molecule has 0 bridgehead atoms. The lowest BCUT2D eigenvalue weighted by molar-refractivity contribution is 0.0917. The van der Waals surface area contributed by atoms with E-state index in [1.807, 2.05) is 6.92 Å². The van der Waals surface area contributed by atoms with Gasteiger partial charge in [0.25, 0.3) is 5.91 Å². The molecular weight excluding hydrogens is 340 g/mol. The molecule has 130 valence electrons. The Hall–Kier alpha value is -1.31. The van der Waals surface area contributed by atoms with Crippen molar-refractivity contribution in [1.29, 1.82) is 0 Å². The van der Waals surface area contributed by atoms with Crippen molar-refractivity contribution in [1.82, 2.24) is 19.8 Å². The molecule has 2 aromatic heterocycles. The summed E-state index contributed by atoms with van der Waals surface area (Å²) < 4.78 is 3.91. The average molecular weight is 365 g/mol. The number of piperidine rings is 1. The summed E-state index contributed by atoms with van der Waals surface area (Å²) in [6.07, 6.45) is 3.20. The third-order valence-electron chi connectivity index (χ3n) is 4.68. The Balaban J connectivity index is 1.67. The fourth-order valence-corrected chi connectivity index (χ4v) is 4.64. The first kappa shape index (κ1) is 17.5. The zero-order valence-corrected chi connectivity index (χ0v) is 15.8. The van der Waals surface area contributed by atoms with E-state index in [1.165, 1.54) is 29.3 Å². The van der Waals surface area contributed by atoms with E-state index in [1.54, 1.807) is 11.3 Å². The summed E-state index contributed by atoms with van der Waals surface area (Å²) in [5.41, 5.74) is 0.789. The van der Waals surface area contributed by atoms with Gasteiger partial charge in [-0.3, -0.25) is 9.69 Å². The first-order valence-electron chi connectivity index (χ1n) is 8.56. The molecule has 1 unspecified atom stereocenters. The summed E-state index contributed by atoms with van der Waals surface area (Å²) >= 11 is 2.95. The van der Waals surface area contributed by atoms with Crippen molar-refractivity contribution in [3.63, 3.8) is 0 Å². The maximum Gasteiger partial charge on any atom is 0.265 e. The summed E-state index contributed by atoms with van der Waals surface area (Å²) in [7, 11) is 0. The topological polar surface area (TPSA) is 58.1 Å². The highest BCUT2D eigenvalue weighted by molar-refractivity contribution is 7.10. The molecule has 3 heterocycles. The van der Waals surface area contributed by atoms with Gasteiger partial charge in [-0.15, -0.1) is 16.4 Å². The predicted molar refractivity (Wildman–Crippen MR) is 98.7 cm³/mol. The maximum atomic E-state index is 12.5. The van der Waals surface area contributed by atoms with Crippen LogP contribution in [0.2, 0.25) is 0 Å². The highest BCUT2D eigenvalue weighted by Crippen LogP contribution is 2.29. The molecule has 7 heteroatoms. The summed E-state index contributed by atoms with van der Waals surface area (Å²) in [6, 6.07) is 4.52. The number of rotatable bonds is 6. The van der Waals surface area contributed by atoms with E-state index in [0.29, 0.717) is 11.4 Å². The summed E-state index contributed by atoms with van der Waals surface area (Å²) in [5.74, 6) is 0.754. The number of likely N-dealkylation sites (tertiary alicyclic amines) is 1. The minimum absolute atomic E-state index is 0.0474. The number of nitrogens with one attached hydrogen (secondary N) is 1.